The van der Waals surface area contributed by atoms with Crippen LogP contribution in [-0.2, 0) is 16.1 Å². The van der Waals surface area contributed by atoms with Crippen molar-refractivity contribution in [1.82, 2.24) is 4.57 Å². The van der Waals surface area contributed by atoms with Gasteiger partial charge in [0.25, 0.3) is 5.91 Å². The van der Waals surface area contributed by atoms with Crippen molar-refractivity contribution in [1.29, 1.82) is 0 Å². The molecule has 150 valence electrons. The molecule has 2 aromatic carbocycles. The van der Waals surface area contributed by atoms with Crippen molar-refractivity contribution in [2.24, 2.45) is 4.99 Å². The lowest BCUT2D eigenvalue weighted by Crippen LogP contribution is -2.23. The van der Waals surface area contributed by atoms with Gasteiger partial charge in [-0.3, -0.25) is 9.59 Å². The number of benzene rings is 2. The highest BCUT2D eigenvalue weighted by molar-refractivity contribution is 7.16. The van der Waals surface area contributed by atoms with E-state index < -0.39 is 11.9 Å². The monoisotopic (exact) mass is 452 g/mol. The van der Waals surface area contributed by atoms with Crippen LogP contribution in [0.15, 0.2) is 35.3 Å². The zero-order valence-corrected chi connectivity index (χ0v) is 17.4. The van der Waals surface area contributed by atoms with Gasteiger partial charge in [-0.25, -0.2) is 0 Å². The summed E-state index contributed by atoms with van der Waals surface area (Å²) in [7, 11) is 0. The van der Waals surface area contributed by atoms with Crippen LogP contribution in [0.1, 0.15) is 17.3 Å². The number of aromatic nitrogens is 1. The Morgan fingerprint density at radius 2 is 1.97 bits per heavy atom. The smallest absolute Gasteiger partial charge is 0.326 e. The lowest BCUT2D eigenvalue weighted by Gasteiger charge is -2.06. The number of hydrogen-bond acceptors (Lipinski definition) is 6. The first-order valence-electron chi connectivity index (χ1n) is 8.59. The largest absolute Gasteiger partial charge is 0.465 e. The molecule has 0 fully saturated rings. The summed E-state index contributed by atoms with van der Waals surface area (Å²) in [5, 5.41) is 0.608. The third-order valence-electron chi connectivity index (χ3n) is 4.13. The van der Waals surface area contributed by atoms with E-state index in [1.54, 1.807) is 29.7 Å². The van der Waals surface area contributed by atoms with Crippen LogP contribution in [0.2, 0.25) is 10.0 Å². The zero-order chi connectivity index (χ0) is 20.5. The molecule has 0 atom stereocenters. The summed E-state index contributed by atoms with van der Waals surface area (Å²) < 4.78 is 18.3. The van der Waals surface area contributed by atoms with Gasteiger partial charge in [0.15, 0.2) is 16.3 Å². The molecule has 0 unspecified atom stereocenters. The minimum Gasteiger partial charge on any atom is -0.465 e. The Morgan fingerprint density at radius 3 is 2.72 bits per heavy atom. The normalized spacial score (nSPS) is 13.1. The van der Waals surface area contributed by atoms with Crippen molar-refractivity contribution >= 4 is 56.6 Å². The number of rotatable bonds is 4. The average molecular weight is 453 g/mol. The molecule has 7 nitrogen and oxygen atoms in total. The van der Waals surface area contributed by atoms with Gasteiger partial charge in [-0.2, -0.15) is 4.99 Å². The van der Waals surface area contributed by atoms with Gasteiger partial charge in [0.1, 0.15) is 6.54 Å². The van der Waals surface area contributed by atoms with Crippen LogP contribution in [0.3, 0.4) is 0 Å². The first-order chi connectivity index (χ1) is 14.0. The second-order valence-corrected chi connectivity index (χ2v) is 7.84. The summed E-state index contributed by atoms with van der Waals surface area (Å²) in [6.45, 7) is 2.00. The molecule has 0 radical (unpaired) electrons. The van der Waals surface area contributed by atoms with Gasteiger partial charge < -0.3 is 18.8 Å². The third kappa shape index (κ3) is 3.96. The van der Waals surface area contributed by atoms with Crippen LogP contribution < -0.4 is 14.3 Å². The van der Waals surface area contributed by atoms with Crippen LogP contribution in [0.4, 0.5) is 0 Å². The molecule has 0 N–H and O–H groups in total. The highest BCUT2D eigenvalue weighted by Gasteiger charge is 2.20. The van der Waals surface area contributed by atoms with Gasteiger partial charge in [0.2, 0.25) is 6.79 Å². The number of esters is 1. The molecule has 0 saturated carbocycles. The molecule has 4 rings (SSSR count). The Hall–Kier alpha value is -2.55. The Balaban J connectivity index is 1.86. The van der Waals surface area contributed by atoms with Gasteiger partial charge in [-0.15, -0.1) is 0 Å². The van der Waals surface area contributed by atoms with Gasteiger partial charge in [-0.05, 0) is 25.1 Å². The second-order valence-electron chi connectivity index (χ2n) is 5.99. The Morgan fingerprint density at radius 1 is 1.21 bits per heavy atom. The summed E-state index contributed by atoms with van der Waals surface area (Å²) >= 11 is 13.3. The van der Waals surface area contributed by atoms with E-state index in [1.165, 1.54) is 23.5 Å². The fourth-order valence-electron chi connectivity index (χ4n) is 2.84. The first-order valence-corrected chi connectivity index (χ1v) is 10.2. The van der Waals surface area contributed by atoms with Crippen LogP contribution in [-0.4, -0.2) is 29.8 Å². The standard InChI is InChI=1S/C19H14Cl2N2O5S/c1-2-26-17(24)8-23-13-6-14-15(28-9-27-14)7-16(13)29-19(23)22-18(25)11-5-10(20)3-4-12(11)21/h3-7H,2,8-9H2,1H3. The quantitative estimate of drug-likeness (QED) is 0.558. The lowest BCUT2D eigenvalue weighted by atomic mass is 10.2. The molecule has 1 amide bonds. The van der Waals surface area contributed by atoms with Gasteiger partial charge in [0.05, 0.1) is 27.4 Å². The van der Waals surface area contributed by atoms with E-state index in [9.17, 15) is 9.59 Å². The number of hydrogen-bond donors (Lipinski definition) is 0. The van der Waals surface area contributed by atoms with Crippen LogP contribution in [0.5, 0.6) is 11.5 Å². The molecule has 10 heteroatoms. The Kier molecular flexibility index (Phi) is 5.49. The molecule has 1 aliphatic heterocycles. The second kappa shape index (κ2) is 8.06. The van der Waals surface area contributed by atoms with E-state index in [0.29, 0.717) is 26.8 Å². The SMILES string of the molecule is CCOC(=O)Cn1c(=NC(=O)c2cc(Cl)ccc2Cl)sc2cc3c(cc21)OCO3. The maximum Gasteiger partial charge on any atom is 0.326 e. The van der Waals surface area contributed by atoms with Gasteiger partial charge in [-0.1, -0.05) is 34.5 Å². The third-order valence-corrected chi connectivity index (χ3v) is 5.73. The van der Waals surface area contributed by atoms with Crippen molar-refractivity contribution in [2.75, 3.05) is 13.4 Å². The van der Waals surface area contributed by atoms with Gasteiger partial charge >= 0.3 is 5.97 Å². The number of thiazole rings is 1. The number of nitrogens with zero attached hydrogens (tertiary/aromatic N) is 2. The Bertz CT molecular complexity index is 1200. The van der Waals surface area contributed by atoms with Crippen LogP contribution in [0, 0.1) is 0 Å². The Labute approximate surface area is 179 Å². The van der Waals surface area contributed by atoms with E-state index in [1.807, 2.05) is 0 Å². The zero-order valence-electron chi connectivity index (χ0n) is 15.1. The molecule has 29 heavy (non-hydrogen) atoms. The van der Waals surface area contributed by atoms with Crippen molar-refractivity contribution in [3.05, 3.63) is 50.7 Å². The summed E-state index contributed by atoms with van der Waals surface area (Å²) in [6, 6.07) is 8.12. The highest BCUT2D eigenvalue weighted by atomic mass is 35.5. The predicted octanol–water partition coefficient (Wildman–Crippen LogP) is 4.04. The van der Waals surface area contributed by atoms with E-state index >= 15 is 0 Å². The fraction of sp³-hybridized carbons (Fsp3) is 0.211. The van der Waals surface area contributed by atoms with E-state index in [2.05, 4.69) is 4.99 Å². The molecule has 2 heterocycles. The number of halogens is 2. The van der Waals surface area contributed by atoms with E-state index in [0.717, 1.165) is 4.70 Å². The molecule has 3 aromatic rings. The molecule has 0 spiro atoms. The van der Waals surface area contributed by atoms with Crippen LogP contribution in [0.25, 0.3) is 10.2 Å². The molecule has 0 saturated heterocycles. The fourth-order valence-corrected chi connectivity index (χ4v) is 4.25. The van der Waals surface area contributed by atoms with E-state index in [-0.39, 0.29) is 30.5 Å². The average Bonchev–Trinajstić information content (AvgIpc) is 3.26. The van der Waals surface area contributed by atoms with Crippen molar-refractivity contribution < 1.29 is 23.8 Å². The maximum atomic E-state index is 12.7. The molecule has 1 aliphatic rings. The molecule has 0 bridgehead atoms. The molecular weight excluding hydrogens is 439 g/mol. The predicted molar refractivity (Wildman–Crippen MR) is 109 cm³/mol. The summed E-state index contributed by atoms with van der Waals surface area (Å²) in [5.41, 5.74) is 0.851. The minimum absolute atomic E-state index is 0.108. The number of carbonyl (C=O) groups is 2. The molecule has 0 aliphatic carbocycles. The van der Waals surface area contributed by atoms with Gasteiger partial charge in [0, 0.05) is 17.2 Å². The van der Waals surface area contributed by atoms with Crippen LogP contribution >= 0.6 is 34.5 Å². The summed E-state index contributed by atoms with van der Waals surface area (Å²) in [4.78, 5) is 29.4. The summed E-state index contributed by atoms with van der Waals surface area (Å²) in [5.74, 6) is 0.141. The van der Waals surface area contributed by atoms with Crippen molar-refractivity contribution in [2.45, 2.75) is 13.5 Å². The van der Waals surface area contributed by atoms with Crippen molar-refractivity contribution in [3.63, 3.8) is 0 Å². The maximum absolute atomic E-state index is 12.7. The first kappa shape index (κ1) is 19.8. The topological polar surface area (TPSA) is 79.1 Å². The highest BCUT2D eigenvalue weighted by Crippen LogP contribution is 2.37. The molecular formula is C19H14Cl2N2O5S. The number of carbonyl (C=O) groups excluding carboxylic acids is 2. The van der Waals surface area contributed by atoms with E-state index in [4.69, 9.17) is 37.4 Å². The minimum atomic E-state index is -0.568. The molecule has 1 aromatic heterocycles. The van der Waals surface area contributed by atoms with Crippen molar-refractivity contribution in [3.8, 4) is 11.5 Å². The lowest BCUT2D eigenvalue weighted by molar-refractivity contribution is -0.143. The number of fused-ring (bicyclic) bond motifs is 2. The summed E-state index contributed by atoms with van der Waals surface area (Å²) in [6.07, 6.45) is 0. The number of ether oxygens (including phenoxy) is 3. The number of amides is 1.